The summed E-state index contributed by atoms with van der Waals surface area (Å²) in [7, 11) is 0. The topological polar surface area (TPSA) is 34.1 Å². The van der Waals surface area contributed by atoms with E-state index in [4.69, 9.17) is 0 Å². The number of fused-ring (bicyclic) bond motifs is 3. The number of Topliss-reactive ketones (excluding diaryl/α,β-unsaturated/α-hetero) is 2. The van der Waals surface area contributed by atoms with Crippen molar-refractivity contribution >= 4 is 11.6 Å². The molecule has 2 fully saturated rings. The molecule has 0 heterocycles. The molecule has 0 aliphatic heterocycles. The van der Waals surface area contributed by atoms with Gasteiger partial charge in [0, 0.05) is 23.7 Å². The van der Waals surface area contributed by atoms with Crippen LogP contribution >= 0.6 is 0 Å². The fraction of sp³-hybridized carbons (Fsp3) is 0.700. The van der Waals surface area contributed by atoms with Gasteiger partial charge in [0.15, 0.2) is 5.78 Å². The van der Waals surface area contributed by atoms with Crippen LogP contribution in [0.2, 0.25) is 0 Å². The third kappa shape index (κ3) is 1.99. The van der Waals surface area contributed by atoms with Gasteiger partial charge in [0.2, 0.25) is 0 Å². The summed E-state index contributed by atoms with van der Waals surface area (Å²) < 4.78 is 0. The van der Waals surface area contributed by atoms with Gasteiger partial charge in [0.25, 0.3) is 0 Å². The van der Waals surface area contributed by atoms with Gasteiger partial charge in [0.05, 0.1) is 0 Å². The minimum absolute atomic E-state index is 0.0509. The zero-order valence-electron chi connectivity index (χ0n) is 14.4. The van der Waals surface area contributed by atoms with Gasteiger partial charge in [-0.1, -0.05) is 39.8 Å². The second-order valence-corrected chi connectivity index (χ2v) is 8.73. The molecule has 0 radical (unpaired) electrons. The van der Waals surface area contributed by atoms with Crippen LogP contribution in [0, 0.1) is 28.1 Å². The molecule has 3 aliphatic rings. The monoisotopic (exact) mass is 300 g/mol. The Balaban J connectivity index is 2.07. The van der Waals surface area contributed by atoms with E-state index in [1.807, 2.05) is 6.08 Å². The lowest BCUT2D eigenvalue weighted by Gasteiger charge is -2.58. The largest absolute Gasteiger partial charge is 0.299 e. The van der Waals surface area contributed by atoms with E-state index in [1.165, 1.54) is 0 Å². The summed E-state index contributed by atoms with van der Waals surface area (Å²) in [5.74, 6) is 1.10. The van der Waals surface area contributed by atoms with Gasteiger partial charge in [0.1, 0.15) is 5.78 Å². The van der Waals surface area contributed by atoms with E-state index in [-0.39, 0.29) is 27.9 Å². The molecule has 2 heteroatoms. The van der Waals surface area contributed by atoms with Gasteiger partial charge in [-0.25, -0.2) is 0 Å². The molecule has 0 bridgehead atoms. The predicted octanol–water partition coefficient (Wildman–Crippen LogP) is 4.50. The first-order chi connectivity index (χ1) is 10.1. The summed E-state index contributed by atoms with van der Waals surface area (Å²) in [6.45, 7) is 12.5. The van der Waals surface area contributed by atoms with Gasteiger partial charge in [-0.15, -0.1) is 6.58 Å². The van der Waals surface area contributed by atoms with Crippen LogP contribution in [0.3, 0.4) is 0 Å². The van der Waals surface area contributed by atoms with Crippen LogP contribution in [-0.2, 0) is 9.59 Å². The highest BCUT2D eigenvalue weighted by Gasteiger charge is 2.59. The van der Waals surface area contributed by atoms with Crippen molar-refractivity contribution in [3.63, 3.8) is 0 Å². The fourth-order valence-corrected chi connectivity index (χ4v) is 5.37. The highest BCUT2D eigenvalue weighted by Crippen LogP contribution is 2.62. The average molecular weight is 300 g/mol. The first kappa shape index (κ1) is 15.7. The number of allylic oxidation sites excluding steroid dienone is 3. The number of ketones is 2. The summed E-state index contributed by atoms with van der Waals surface area (Å²) in [6.07, 6.45) is 8.38. The SMILES string of the molecule is C=C[C@@]1(C)C=C2C(=O)C[C@@H]3C(C)(C)C(=O)CC[C@@]3(C)[C@@H]2CC1. The zero-order valence-corrected chi connectivity index (χ0v) is 14.4. The Kier molecular flexibility index (Phi) is 3.33. The first-order valence-electron chi connectivity index (χ1n) is 8.57. The van der Waals surface area contributed by atoms with Gasteiger partial charge >= 0.3 is 0 Å². The maximum Gasteiger partial charge on any atom is 0.159 e. The summed E-state index contributed by atoms with van der Waals surface area (Å²) in [5.41, 5.74) is 0.690. The van der Waals surface area contributed by atoms with Crippen molar-refractivity contribution in [1.29, 1.82) is 0 Å². The van der Waals surface area contributed by atoms with E-state index < -0.39 is 0 Å². The molecule has 2 nitrogen and oxygen atoms in total. The third-order valence-electron chi connectivity index (χ3n) is 7.08. The summed E-state index contributed by atoms with van der Waals surface area (Å²) >= 11 is 0. The fourth-order valence-electron chi connectivity index (χ4n) is 5.37. The Hall–Kier alpha value is -1.18. The maximum absolute atomic E-state index is 12.8. The van der Waals surface area contributed by atoms with Crippen LogP contribution in [0.25, 0.3) is 0 Å². The van der Waals surface area contributed by atoms with Gasteiger partial charge in [-0.2, -0.15) is 0 Å². The standard InChI is InChI=1S/C20H28O2/c1-6-19(4)9-7-14-13(12-19)15(21)11-16-18(2,3)17(22)8-10-20(14,16)5/h6,12,14,16H,1,7-11H2,2-5H3/t14-,16-,19-,20+/m1/s1. The molecule has 0 aromatic heterocycles. The predicted molar refractivity (Wildman–Crippen MR) is 88.4 cm³/mol. The second kappa shape index (κ2) is 4.66. The lowest BCUT2D eigenvalue weighted by atomic mass is 9.45. The van der Waals surface area contributed by atoms with Crippen LogP contribution in [0.4, 0.5) is 0 Å². The minimum atomic E-state index is -0.368. The molecule has 2 saturated carbocycles. The average Bonchev–Trinajstić information content (AvgIpc) is 2.47. The Bertz CT molecular complexity index is 583. The number of hydrogen-bond donors (Lipinski definition) is 0. The molecule has 120 valence electrons. The summed E-state index contributed by atoms with van der Waals surface area (Å²) in [6, 6.07) is 0. The van der Waals surface area contributed by atoms with E-state index in [0.29, 0.717) is 24.5 Å². The van der Waals surface area contributed by atoms with Crippen molar-refractivity contribution in [3.05, 3.63) is 24.3 Å². The highest BCUT2D eigenvalue weighted by atomic mass is 16.1. The quantitative estimate of drug-likeness (QED) is 0.668. The molecule has 0 unspecified atom stereocenters. The van der Waals surface area contributed by atoms with E-state index in [9.17, 15) is 9.59 Å². The molecule has 0 aromatic rings. The van der Waals surface area contributed by atoms with Gasteiger partial charge in [-0.3, -0.25) is 9.59 Å². The molecule has 0 spiro atoms. The van der Waals surface area contributed by atoms with Gasteiger partial charge in [-0.05, 0) is 42.1 Å². The molecule has 3 rings (SSSR count). The van der Waals surface area contributed by atoms with Crippen molar-refractivity contribution in [1.82, 2.24) is 0 Å². The highest BCUT2D eigenvalue weighted by molar-refractivity contribution is 5.99. The maximum atomic E-state index is 12.8. The molecule has 4 atom stereocenters. The first-order valence-corrected chi connectivity index (χ1v) is 8.57. The molecular formula is C20H28O2. The lowest BCUT2D eigenvalue weighted by Crippen LogP contribution is -2.56. The molecule has 0 amide bonds. The molecule has 0 aromatic carbocycles. The molecule has 0 N–H and O–H groups in total. The van der Waals surface area contributed by atoms with Crippen LogP contribution in [0.15, 0.2) is 24.3 Å². The van der Waals surface area contributed by atoms with E-state index in [1.54, 1.807) is 0 Å². The number of rotatable bonds is 1. The number of carbonyl (C=O) groups is 2. The van der Waals surface area contributed by atoms with Gasteiger partial charge < -0.3 is 0 Å². The minimum Gasteiger partial charge on any atom is -0.299 e. The summed E-state index contributed by atoms with van der Waals surface area (Å²) in [5, 5.41) is 0. The van der Waals surface area contributed by atoms with Crippen molar-refractivity contribution < 1.29 is 9.59 Å². The van der Waals surface area contributed by atoms with Crippen molar-refractivity contribution in [2.24, 2.45) is 28.1 Å². The Morgan fingerprint density at radius 1 is 1.18 bits per heavy atom. The molecule has 0 saturated heterocycles. The van der Waals surface area contributed by atoms with E-state index >= 15 is 0 Å². The van der Waals surface area contributed by atoms with Crippen LogP contribution < -0.4 is 0 Å². The lowest BCUT2D eigenvalue weighted by molar-refractivity contribution is -0.149. The van der Waals surface area contributed by atoms with Crippen LogP contribution in [0.1, 0.15) is 59.8 Å². The Morgan fingerprint density at radius 3 is 2.50 bits per heavy atom. The van der Waals surface area contributed by atoms with Crippen LogP contribution in [0.5, 0.6) is 0 Å². The van der Waals surface area contributed by atoms with Crippen molar-refractivity contribution in [3.8, 4) is 0 Å². The van der Waals surface area contributed by atoms with Crippen molar-refractivity contribution in [2.75, 3.05) is 0 Å². The normalized spacial score (nSPS) is 43.9. The molecule has 22 heavy (non-hydrogen) atoms. The van der Waals surface area contributed by atoms with Crippen LogP contribution in [-0.4, -0.2) is 11.6 Å². The number of carbonyl (C=O) groups excluding carboxylic acids is 2. The Labute approximate surface area is 134 Å². The number of hydrogen-bond acceptors (Lipinski definition) is 2. The second-order valence-electron chi connectivity index (χ2n) is 8.73. The Morgan fingerprint density at radius 2 is 1.86 bits per heavy atom. The molecule has 3 aliphatic carbocycles. The van der Waals surface area contributed by atoms with Crippen molar-refractivity contribution in [2.45, 2.75) is 59.8 Å². The van der Waals surface area contributed by atoms with E-state index in [2.05, 4.69) is 40.3 Å². The zero-order chi connectivity index (χ0) is 16.3. The summed E-state index contributed by atoms with van der Waals surface area (Å²) in [4.78, 5) is 25.2. The molecular weight excluding hydrogens is 272 g/mol. The van der Waals surface area contributed by atoms with E-state index in [0.717, 1.165) is 24.8 Å². The third-order valence-corrected chi connectivity index (χ3v) is 7.08. The smallest absolute Gasteiger partial charge is 0.159 e.